The summed E-state index contributed by atoms with van der Waals surface area (Å²) in [6, 6.07) is 3.62. The van der Waals surface area contributed by atoms with Crippen LogP contribution in [0.2, 0.25) is 0 Å². The van der Waals surface area contributed by atoms with Crippen LogP contribution in [-0.4, -0.2) is 18.9 Å². The Morgan fingerprint density at radius 3 is 3.00 bits per heavy atom. The van der Waals surface area contributed by atoms with Crippen LogP contribution >= 0.6 is 11.6 Å². The lowest BCUT2D eigenvalue weighted by atomic mass is 10.2. The second kappa shape index (κ2) is 5.04. The van der Waals surface area contributed by atoms with E-state index in [-0.39, 0.29) is 12.2 Å². The van der Waals surface area contributed by atoms with Crippen molar-refractivity contribution in [3.05, 3.63) is 24.0 Å². The Bertz CT molecular complexity index is 266. The van der Waals surface area contributed by atoms with E-state index in [1.807, 2.05) is 13.0 Å². The number of halogens is 1. The standard InChI is InChI=1S/C9H12ClNO2/c1-7(10)9-8(13-6-12-2)4-3-5-11-9/h3-5,7H,6H2,1-2H3. The lowest BCUT2D eigenvalue weighted by Crippen LogP contribution is -2.03. The van der Waals surface area contributed by atoms with E-state index >= 15 is 0 Å². The minimum absolute atomic E-state index is 0.159. The molecule has 0 saturated heterocycles. The van der Waals surface area contributed by atoms with E-state index in [4.69, 9.17) is 21.1 Å². The maximum atomic E-state index is 5.90. The van der Waals surface area contributed by atoms with Crippen molar-refractivity contribution in [3.63, 3.8) is 0 Å². The van der Waals surface area contributed by atoms with Crippen molar-refractivity contribution in [1.29, 1.82) is 0 Å². The molecular weight excluding hydrogens is 190 g/mol. The van der Waals surface area contributed by atoms with Gasteiger partial charge in [0.1, 0.15) is 5.75 Å². The first-order valence-corrected chi connectivity index (χ1v) is 4.40. The maximum Gasteiger partial charge on any atom is 0.188 e. The monoisotopic (exact) mass is 201 g/mol. The van der Waals surface area contributed by atoms with Crippen LogP contribution in [0.25, 0.3) is 0 Å². The predicted molar refractivity (Wildman–Crippen MR) is 51.0 cm³/mol. The zero-order chi connectivity index (χ0) is 9.68. The Morgan fingerprint density at radius 2 is 2.38 bits per heavy atom. The minimum atomic E-state index is -0.159. The third kappa shape index (κ3) is 2.86. The summed E-state index contributed by atoms with van der Waals surface area (Å²) in [6.07, 6.45) is 1.69. The predicted octanol–water partition coefficient (Wildman–Crippen LogP) is 2.36. The van der Waals surface area contributed by atoms with Crippen molar-refractivity contribution in [1.82, 2.24) is 4.98 Å². The smallest absolute Gasteiger partial charge is 0.188 e. The van der Waals surface area contributed by atoms with Crippen molar-refractivity contribution in [2.45, 2.75) is 12.3 Å². The Morgan fingerprint density at radius 1 is 1.62 bits per heavy atom. The molecule has 13 heavy (non-hydrogen) atoms. The van der Waals surface area contributed by atoms with Gasteiger partial charge in [0.25, 0.3) is 0 Å². The lowest BCUT2D eigenvalue weighted by molar-refractivity contribution is 0.0501. The topological polar surface area (TPSA) is 31.4 Å². The van der Waals surface area contributed by atoms with E-state index in [0.717, 1.165) is 5.69 Å². The van der Waals surface area contributed by atoms with Gasteiger partial charge in [-0.3, -0.25) is 4.98 Å². The average Bonchev–Trinajstić information content (AvgIpc) is 2.15. The van der Waals surface area contributed by atoms with E-state index in [1.54, 1.807) is 19.4 Å². The van der Waals surface area contributed by atoms with Gasteiger partial charge >= 0.3 is 0 Å². The fourth-order valence-electron chi connectivity index (χ4n) is 0.946. The quantitative estimate of drug-likeness (QED) is 0.554. The molecule has 1 aromatic heterocycles. The number of methoxy groups -OCH3 is 1. The fraction of sp³-hybridized carbons (Fsp3) is 0.444. The third-order valence-electron chi connectivity index (χ3n) is 1.51. The molecule has 0 aliphatic heterocycles. The largest absolute Gasteiger partial charge is 0.466 e. The van der Waals surface area contributed by atoms with Gasteiger partial charge in [0, 0.05) is 13.3 Å². The van der Waals surface area contributed by atoms with E-state index < -0.39 is 0 Å². The van der Waals surface area contributed by atoms with Crippen LogP contribution in [0.4, 0.5) is 0 Å². The summed E-state index contributed by atoms with van der Waals surface area (Å²) in [5.41, 5.74) is 0.737. The molecule has 3 nitrogen and oxygen atoms in total. The Hall–Kier alpha value is -0.800. The van der Waals surface area contributed by atoms with Crippen molar-refractivity contribution in [2.75, 3.05) is 13.9 Å². The highest BCUT2D eigenvalue weighted by molar-refractivity contribution is 6.20. The highest BCUT2D eigenvalue weighted by atomic mass is 35.5. The fourth-order valence-corrected chi connectivity index (χ4v) is 1.11. The highest BCUT2D eigenvalue weighted by Gasteiger charge is 2.09. The van der Waals surface area contributed by atoms with Crippen LogP contribution in [0.3, 0.4) is 0 Å². The van der Waals surface area contributed by atoms with Gasteiger partial charge in [-0.2, -0.15) is 0 Å². The van der Waals surface area contributed by atoms with Crippen LogP contribution < -0.4 is 4.74 Å². The first-order valence-electron chi connectivity index (χ1n) is 3.96. The van der Waals surface area contributed by atoms with Crippen LogP contribution in [0, 0.1) is 0 Å². The molecule has 1 heterocycles. The summed E-state index contributed by atoms with van der Waals surface area (Å²) < 4.78 is 10.1. The molecule has 4 heteroatoms. The van der Waals surface area contributed by atoms with Crippen molar-refractivity contribution in [2.24, 2.45) is 0 Å². The zero-order valence-corrected chi connectivity index (χ0v) is 8.41. The number of hydrogen-bond donors (Lipinski definition) is 0. The first-order chi connectivity index (χ1) is 6.25. The van der Waals surface area contributed by atoms with Crippen molar-refractivity contribution in [3.8, 4) is 5.75 Å². The molecule has 0 saturated carbocycles. The molecule has 1 atom stereocenters. The number of pyridine rings is 1. The Kier molecular flexibility index (Phi) is 3.99. The van der Waals surface area contributed by atoms with Crippen LogP contribution in [0.5, 0.6) is 5.75 Å². The van der Waals surface area contributed by atoms with Gasteiger partial charge in [-0.25, -0.2) is 0 Å². The van der Waals surface area contributed by atoms with Crippen LogP contribution in [0.15, 0.2) is 18.3 Å². The Balaban J connectivity index is 2.78. The summed E-state index contributed by atoms with van der Waals surface area (Å²) in [4.78, 5) is 4.12. The summed E-state index contributed by atoms with van der Waals surface area (Å²) >= 11 is 5.90. The normalized spacial score (nSPS) is 12.5. The van der Waals surface area contributed by atoms with Gasteiger partial charge in [0.15, 0.2) is 6.79 Å². The molecule has 0 amide bonds. The molecule has 0 bridgehead atoms. The third-order valence-corrected chi connectivity index (χ3v) is 1.72. The Labute approximate surface area is 82.6 Å². The molecule has 0 radical (unpaired) electrons. The van der Waals surface area contributed by atoms with Gasteiger partial charge in [0.05, 0.1) is 11.1 Å². The summed E-state index contributed by atoms with van der Waals surface area (Å²) in [7, 11) is 1.57. The molecule has 1 rings (SSSR count). The van der Waals surface area contributed by atoms with Crippen LogP contribution in [0.1, 0.15) is 18.0 Å². The van der Waals surface area contributed by atoms with Gasteiger partial charge in [0.2, 0.25) is 0 Å². The highest BCUT2D eigenvalue weighted by Crippen LogP contribution is 2.26. The summed E-state index contributed by atoms with van der Waals surface area (Å²) in [5.74, 6) is 0.673. The van der Waals surface area contributed by atoms with Crippen molar-refractivity contribution >= 4 is 11.6 Å². The van der Waals surface area contributed by atoms with Crippen molar-refractivity contribution < 1.29 is 9.47 Å². The van der Waals surface area contributed by atoms with Gasteiger partial charge < -0.3 is 9.47 Å². The van der Waals surface area contributed by atoms with E-state index in [9.17, 15) is 0 Å². The first kappa shape index (κ1) is 10.3. The molecule has 72 valence electrons. The zero-order valence-electron chi connectivity index (χ0n) is 7.66. The van der Waals surface area contributed by atoms with E-state index in [1.165, 1.54) is 0 Å². The molecular formula is C9H12ClNO2. The SMILES string of the molecule is COCOc1cccnc1C(C)Cl. The van der Waals surface area contributed by atoms with Gasteiger partial charge in [-0.15, -0.1) is 11.6 Å². The number of aromatic nitrogens is 1. The summed E-state index contributed by atoms with van der Waals surface area (Å²) in [5, 5.41) is -0.159. The number of ether oxygens (including phenoxy) is 2. The molecule has 1 unspecified atom stereocenters. The number of alkyl halides is 1. The summed E-state index contributed by atoms with van der Waals surface area (Å²) in [6.45, 7) is 2.06. The second-order valence-electron chi connectivity index (χ2n) is 2.55. The molecule has 0 aliphatic carbocycles. The lowest BCUT2D eigenvalue weighted by Gasteiger charge is -2.10. The molecule has 0 N–H and O–H groups in total. The minimum Gasteiger partial charge on any atom is -0.466 e. The molecule has 0 aromatic carbocycles. The number of hydrogen-bond acceptors (Lipinski definition) is 3. The molecule has 1 aromatic rings. The van der Waals surface area contributed by atoms with Gasteiger partial charge in [-0.05, 0) is 19.1 Å². The second-order valence-corrected chi connectivity index (χ2v) is 3.21. The molecule has 0 aliphatic rings. The van der Waals surface area contributed by atoms with E-state index in [2.05, 4.69) is 4.98 Å². The number of rotatable bonds is 4. The van der Waals surface area contributed by atoms with E-state index in [0.29, 0.717) is 5.75 Å². The molecule has 0 spiro atoms. The van der Waals surface area contributed by atoms with Gasteiger partial charge in [-0.1, -0.05) is 0 Å². The number of nitrogens with zero attached hydrogens (tertiary/aromatic N) is 1. The van der Waals surface area contributed by atoms with Crippen LogP contribution in [-0.2, 0) is 4.74 Å². The molecule has 0 fully saturated rings. The average molecular weight is 202 g/mol. The maximum absolute atomic E-state index is 5.90.